The number of carbonyl (C=O) groups excluding carboxylic acids is 1. The summed E-state index contributed by atoms with van der Waals surface area (Å²) in [4.78, 5) is 16.8. The summed E-state index contributed by atoms with van der Waals surface area (Å²) < 4.78 is 0. The van der Waals surface area contributed by atoms with Gasteiger partial charge in [0.15, 0.2) is 0 Å². The van der Waals surface area contributed by atoms with Crippen LogP contribution in [0.2, 0.25) is 0 Å². The van der Waals surface area contributed by atoms with E-state index in [1.165, 1.54) is 89.0 Å². The van der Waals surface area contributed by atoms with Gasteiger partial charge in [0.25, 0.3) is 5.91 Å². The molecule has 4 heteroatoms. The molecule has 1 aliphatic heterocycles. The lowest BCUT2D eigenvalue weighted by Gasteiger charge is -2.45. The zero-order chi connectivity index (χ0) is 22.7. The van der Waals surface area contributed by atoms with Gasteiger partial charge in [-0.2, -0.15) is 0 Å². The lowest BCUT2D eigenvalue weighted by atomic mass is 9.67. The second-order valence-electron chi connectivity index (χ2n) is 11.2. The highest BCUT2D eigenvalue weighted by Gasteiger charge is 2.43. The first-order chi connectivity index (χ1) is 16.2. The molecule has 0 bridgehead atoms. The summed E-state index contributed by atoms with van der Waals surface area (Å²) in [6.45, 7) is 3.28. The van der Waals surface area contributed by atoms with Gasteiger partial charge in [-0.25, -0.2) is 0 Å². The molecule has 1 spiro atoms. The van der Waals surface area contributed by atoms with Crippen molar-refractivity contribution >= 4 is 16.8 Å². The first-order valence-corrected chi connectivity index (χ1v) is 13.8. The average Bonchev–Trinajstić information content (AvgIpc) is 3.58. The predicted molar refractivity (Wildman–Crippen MR) is 137 cm³/mol. The van der Waals surface area contributed by atoms with Gasteiger partial charge in [-0.1, -0.05) is 70.1 Å². The Morgan fingerprint density at radius 3 is 2.48 bits per heavy atom. The molecule has 3 fully saturated rings. The Labute approximate surface area is 199 Å². The molecule has 2 heterocycles. The second kappa shape index (κ2) is 10.2. The SMILES string of the molecule is CCc1cccc2cc(C(=O)NC(C3CC3)C3CC4(CCCCCCCCC4)CCN3)[nH]c12. The van der Waals surface area contributed by atoms with Crippen LogP contribution < -0.4 is 10.6 Å². The maximum atomic E-state index is 13.4. The third-order valence-electron chi connectivity index (χ3n) is 8.86. The van der Waals surface area contributed by atoms with Crippen molar-refractivity contribution < 1.29 is 4.79 Å². The normalized spacial score (nSPS) is 25.1. The van der Waals surface area contributed by atoms with Gasteiger partial charge in [0.2, 0.25) is 0 Å². The van der Waals surface area contributed by atoms with Crippen LogP contribution >= 0.6 is 0 Å². The number of amides is 1. The van der Waals surface area contributed by atoms with Crippen LogP contribution in [0, 0.1) is 11.3 Å². The molecular weight excluding hydrogens is 406 g/mol. The minimum absolute atomic E-state index is 0.0672. The molecule has 2 unspecified atom stereocenters. The Balaban J connectivity index is 1.30. The molecule has 33 heavy (non-hydrogen) atoms. The maximum Gasteiger partial charge on any atom is 0.268 e. The number of hydrogen-bond donors (Lipinski definition) is 3. The third-order valence-corrected chi connectivity index (χ3v) is 8.86. The van der Waals surface area contributed by atoms with E-state index in [4.69, 9.17) is 0 Å². The largest absolute Gasteiger partial charge is 0.350 e. The monoisotopic (exact) mass is 449 g/mol. The van der Waals surface area contributed by atoms with Gasteiger partial charge in [-0.15, -0.1) is 0 Å². The van der Waals surface area contributed by atoms with Gasteiger partial charge in [0, 0.05) is 23.0 Å². The van der Waals surface area contributed by atoms with Gasteiger partial charge in [-0.3, -0.25) is 4.79 Å². The number of carbonyl (C=O) groups is 1. The van der Waals surface area contributed by atoms with Crippen LogP contribution in [0.5, 0.6) is 0 Å². The summed E-state index contributed by atoms with van der Waals surface area (Å²) in [5.74, 6) is 0.703. The van der Waals surface area contributed by atoms with Crippen molar-refractivity contribution in [3.8, 4) is 0 Å². The van der Waals surface area contributed by atoms with Crippen molar-refractivity contribution in [2.75, 3.05) is 6.54 Å². The Morgan fingerprint density at radius 1 is 1.06 bits per heavy atom. The van der Waals surface area contributed by atoms with E-state index in [2.05, 4.69) is 40.7 Å². The molecule has 1 aromatic carbocycles. The number of aromatic amines is 1. The highest BCUT2D eigenvalue weighted by atomic mass is 16.2. The quantitative estimate of drug-likeness (QED) is 0.488. The molecular formula is C29H43N3O. The number of nitrogens with one attached hydrogen (secondary N) is 3. The van der Waals surface area contributed by atoms with Crippen LogP contribution in [0.3, 0.4) is 0 Å². The van der Waals surface area contributed by atoms with Crippen molar-refractivity contribution in [2.24, 2.45) is 11.3 Å². The van der Waals surface area contributed by atoms with Gasteiger partial charge >= 0.3 is 0 Å². The lowest BCUT2D eigenvalue weighted by Crippen LogP contribution is -2.56. The number of para-hydroxylation sites is 1. The predicted octanol–water partition coefficient (Wildman–Crippen LogP) is 6.50. The second-order valence-corrected chi connectivity index (χ2v) is 11.2. The Morgan fingerprint density at radius 2 is 1.79 bits per heavy atom. The van der Waals surface area contributed by atoms with Crippen LogP contribution in [-0.2, 0) is 6.42 Å². The molecule has 3 aliphatic rings. The van der Waals surface area contributed by atoms with Gasteiger partial charge in [0.1, 0.15) is 5.69 Å². The molecule has 0 radical (unpaired) electrons. The van der Waals surface area contributed by atoms with Crippen LogP contribution in [0.25, 0.3) is 10.9 Å². The third kappa shape index (κ3) is 5.31. The van der Waals surface area contributed by atoms with E-state index in [1.54, 1.807) is 0 Å². The van der Waals surface area contributed by atoms with Crippen LogP contribution in [0.15, 0.2) is 24.3 Å². The number of benzene rings is 1. The molecule has 5 rings (SSSR count). The van der Waals surface area contributed by atoms with E-state index in [1.807, 2.05) is 6.07 Å². The Kier molecular flexibility index (Phi) is 7.10. The molecule has 3 N–H and O–H groups in total. The molecule has 2 saturated carbocycles. The summed E-state index contributed by atoms with van der Waals surface area (Å²) in [7, 11) is 0. The Hall–Kier alpha value is -1.81. The molecule has 4 nitrogen and oxygen atoms in total. The zero-order valence-corrected chi connectivity index (χ0v) is 20.6. The fourth-order valence-electron chi connectivity index (χ4n) is 6.75. The van der Waals surface area contributed by atoms with E-state index in [-0.39, 0.29) is 11.9 Å². The first kappa shape index (κ1) is 23.0. The fourth-order valence-corrected chi connectivity index (χ4v) is 6.75. The molecule has 2 atom stereocenters. The Bertz CT molecular complexity index is 933. The highest BCUT2D eigenvalue weighted by molar-refractivity contribution is 5.98. The maximum absolute atomic E-state index is 13.4. The van der Waals surface area contributed by atoms with Gasteiger partial charge in [-0.05, 0) is 74.5 Å². The van der Waals surface area contributed by atoms with E-state index in [9.17, 15) is 4.79 Å². The van der Waals surface area contributed by atoms with Crippen molar-refractivity contribution in [2.45, 2.75) is 109 Å². The fraction of sp³-hybridized carbons (Fsp3) is 0.690. The average molecular weight is 450 g/mol. The number of piperidine rings is 1. The molecule has 1 aromatic heterocycles. The van der Waals surface area contributed by atoms with E-state index in [0.717, 1.165) is 23.9 Å². The van der Waals surface area contributed by atoms with E-state index < -0.39 is 0 Å². The van der Waals surface area contributed by atoms with Gasteiger partial charge in [0.05, 0.1) is 0 Å². The summed E-state index contributed by atoms with van der Waals surface area (Å²) >= 11 is 0. The highest BCUT2D eigenvalue weighted by Crippen LogP contribution is 2.45. The zero-order valence-electron chi connectivity index (χ0n) is 20.6. The number of aryl methyl sites for hydroxylation is 1. The van der Waals surface area contributed by atoms with E-state index in [0.29, 0.717) is 23.1 Å². The van der Waals surface area contributed by atoms with E-state index >= 15 is 0 Å². The minimum atomic E-state index is 0.0672. The number of H-pyrrole nitrogens is 1. The number of rotatable bonds is 5. The number of aromatic nitrogens is 1. The molecule has 1 amide bonds. The molecule has 2 aliphatic carbocycles. The summed E-state index contributed by atoms with van der Waals surface area (Å²) in [5.41, 5.74) is 3.59. The topological polar surface area (TPSA) is 56.9 Å². The first-order valence-electron chi connectivity index (χ1n) is 13.8. The molecule has 2 aromatic rings. The van der Waals surface area contributed by atoms with Crippen LogP contribution in [0.1, 0.15) is 106 Å². The summed E-state index contributed by atoms with van der Waals surface area (Å²) in [5, 5.41) is 8.49. The number of fused-ring (bicyclic) bond motifs is 1. The van der Waals surface area contributed by atoms with Crippen LogP contribution in [-0.4, -0.2) is 29.5 Å². The van der Waals surface area contributed by atoms with Gasteiger partial charge < -0.3 is 15.6 Å². The summed E-state index contributed by atoms with van der Waals surface area (Å²) in [6, 6.07) is 9.04. The van der Waals surface area contributed by atoms with Crippen molar-refractivity contribution in [3.05, 3.63) is 35.5 Å². The molecule has 1 saturated heterocycles. The number of hydrogen-bond acceptors (Lipinski definition) is 2. The standard InChI is InChI=1S/C29H43N3O/c1-2-21-11-10-12-23-19-24(31-26(21)23)28(33)32-27(22-13-14-22)25-20-29(17-18-30-25)15-8-6-4-3-5-7-9-16-29/h10-12,19,22,25,27,30-31H,2-9,13-18,20H2,1H3,(H,32,33). The van der Waals surface area contributed by atoms with Crippen molar-refractivity contribution in [1.29, 1.82) is 0 Å². The van der Waals surface area contributed by atoms with Crippen molar-refractivity contribution in [1.82, 2.24) is 15.6 Å². The molecule has 180 valence electrons. The minimum Gasteiger partial charge on any atom is -0.350 e. The smallest absolute Gasteiger partial charge is 0.268 e. The lowest BCUT2D eigenvalue weighted by molar-refractivity contribution is 0.0832. The van der Waals surface area contributed by atoms with Crippen molar-refractivity contribution in [3.63, 3.8) is 0 Å². The summed E-state index contributed by atoms with van der Waals surface area (Å²) in [6.07, 6.45) is 18.7. The van der Waals surface area contributed by atoms with Crippen LogP contribution in [0.4, 0.5) is 0 Å².